The third-order valence-electron chi connectivity index (χ3n) is 3.78. The Hall–Kier alpha value is -2.95. The van der Waals surface area contributed by atoms with Crippen LogP contribution < -0.4 is 0 Å². The third-order valence-corrected chi connectivity index (χ3v) is 3.78. The number of pyridine rings is 1. The number of alkyl halides is 3. The van der Waals surface area contributed by atoms with Crippen molar-refractivity contribution < 1.29 is 18.0 Å². The van der Waals surface area contributed by atoms with Crippen LogP contribution in [0, 0.1) is 0 Å². The van der Waals surface area contributed by atoms with E-state index < -0.39 is 11.7 Å². The summed E-state index contributed by atoms with van der Waals surface area (Å²) in [6.07, 6.45) is -1.21. The fourth-order valence-electron chi connectivity index (χ4n) is 2.53. The van der Waals surface area contributed by atoms with Crippen LogP contribution in [-0.4, -0.2) is 10.8 Å². The highest BCUT2D eigenvalue weighted by Crippen LogP contribution is 2.32. The van der Waals surface area contributed by atoms with E-state index in [0.29, 0.717) is 22.3 Å². The maximum absolute atomic E-state index is 12.9. The van der Waals surface area contributed by atoms with Crippen molar-refractivity contribution in [2.24, 2.45) is 0 Å². The molecule has 25 heavy (non-hydrogen) atoms. The molecule has 0 spiro atoms. The number of carbonyl (C=O) groups is 1. The van der Waals surface area contributed by atoms with Gasteiger partial charge in [0.05, 0.1) is 5.56 Å². The lowest BCUT2D eigenvalue weighted by molar-refractivity contribution is -0.137. The average molecular weight is 341 g/mol. The van der Waals surface area contributed by atoms with Crippen LogP contribution in [-0.2, 0) is 12.6 Å². The first-order chi connectivity index (χ1) is 11.9. The van der Waals surface area contributed by atoms with Crippen molar-refractivity contribution in [1.82, 2.24) is 4.98 Å². The maximum atomic E-state index is 12.9. The van der Waals surface area contributed by atoms with Gasteiger partial charge in [0.25, 0.3) is 0 Å². The van der Waals surface area contributed by atoms with Crippen LogP contribution in [0.3, 0.4) is 0 Å². The lowest BCUT2D eigenvalue weighted by Gasteiger charge is -2.09. The molecule has 0 fully saturated rings. The topological polar surface area (TPSA) is 30.0 Å². The Morgan fingerprint density at radius 2 is 1.64 bits per heavy atom. The molecule has 3 rings (SSSR count). The van der Waals surface area contributed by atoms with Gasteiger partial charge in [-0.15, -0.1) is 0 Å². The first kappa shape index (κ1) is 16.9. The number of Topliss-reactive ketones (excluding diaryl/α,β-unsaturated/α-hetero) is 1. The zero-order valence-corrected chi connectivity index (χ0v) is 13.1. The number of hydrogen-bond acceptors (Lipinski definition) is 2. The van der Waals surface area contributed by atoms with E-state index in [2.05, 4.69) is 4.98 Å². The van der Waals surface area contributed by atoms with Gasteiger partial charge in [-0.05, 0) is 29.3 Å². The number of ketones is 1. The van der Waals surface area contributed by atoms with Crippen molar-refractivity contribution in [3.63, 3.8) is 0 Å². The molecular formula is C20H14F3NO. The summed E-state index contributed by atoms with van der Waals surface area (Å²) >= 11 is 0. The maximum Gasteiger partial charge on any atom is 0.416 e. The molecule has 2 nitrogen and oxygen atoms in total. The van der Waals surface area contributed by atoms with Gasteiger partial charge in [-0.2, -0.15) is 13.2 Å². The molecule has 0 saturated carbocycles. The molecule has 0 aliphatic rings. The van der Waals surface area contributed by atoms with Crippen LogP contribution in [0.5, 0.6) is 0 Å². The van der Waals surface area contributed by atoms with Gasteiger partial charge in [0.2, 0.25) is 0 Å². The largest absolute Gasteiger partial charge is 0.416 e. The molecule has 0 aliphatic carbocycles. The Labute approximate surface area is 143 Å². The molecular weight excluding hydrogens is 327 g/mol. The second-order valence-electron chi connectivity index (χ2n) is 5.63. The molecule has 1 aromatic heterocycles. The third kappa shape index (κ3) is 4.12. The quantitative estimate of drug-likeness (QED) is 0.611. The van der Waals surface area contributed by atoms with Gasteiger partial charge >= 0.3 is 6.18 Å². The minimum atomic E-state index is -4.40. The summed E-state index contributed by atoms with van der Waals surface area (Å²) in [4.78, 5) is 16.3. The molecule has 5 heteroatoms. The molecule has 0 radical (unpaired) electrons. The van der Waals surface area contributed by atoms with E-state index in [1.807, 2.05) is 6.07 Å². The van der Waals surface area contributed by atoms with Gasteiger partial charge in [0, 0.05) is 29.9 Å². The van der Waals surface area contributed by atoms with Gasteiger partial charge < -0.3 is 0 Å². The molecule has 0 unspecified atom stereocenters. The van der Waals surface area contributed by atoms with E-state index >= 15 is 0 Å². The molecule has 2 aromatic carbocycles. The molecule has 0 aliphatic heterocycles. The lowest BCUT2D eigenvalue weighted by atomic mass is 10.00. The van der Waals surface area contributed by atoms with Crippen LogP contribution >= 0.6 is 0 Å². The molecule has 3 aromatic rings. The summed E-state index contributed by atoms with van der Waals surface area (Å²) in [5.74, 6) is -0.0661. The van der Waals surface area contributed by atoms with Crippen molar-refractivity contribution in [2.45, 2.75) is 12.6 Å². The number of carbonyl (C=O) groups excluding carboxylic acids is 1. The molecule has 0 atom stereocenters. The van der Waals surface area contributed by atoms with Crippen molar-refractivity contribution >= 4 is 5.78 Å². The van der Waals surface area contributed by atoms with E-state index in [1.54, 1.807) is 42.6 Å². The fourth-order valence-corrected chi connectivity index (χ4v) is 2.53. The van der Waals surface area contributed by atoms with Gasteiger partial charge in [-0.25, -0.2) is 0 Å². The number of aromatic nitrogens is 1. The second kappa shape index (κ2) is 6.89. The smallest absolute Gasteiger partial charge is 0.294 e. The van der Waals surface area contributed by atoms with Crippen LogP contribution in [0.1, 0.15) is 21.5 Å². The number of nitrogens with zero attached hydrogens (tertiary/aromatic N) is 1. The van der Waals surface area contributed by atoms with Crippen molar-refractivity contribution in [2.75, 3.05) is 0 Å². The van der Waals surface area contributed by atoms with Crippen LogP contribution in [0.25, 0.3) is 11.1 Å². The van der Waals surface area contributed by atoms with E-state index in [0.717, 1.165) is 12.1 Å². The molecule has 0 bridgehead atoms. The fraction of sp³-hybridized carbons (Fsp3) is 0.100. The van der Waals surface area contributed by atoms with Crippen LogP contribution in [0.15, 0.2) is 73.1 Å². The van der Waals surface area contributed by atoms with Crippen molar-refractivity contribution in [1.29, 1.82) is 0 Å². The summed E-state index contributed by atoms with van der Waals surface area (Å²) in [5, 5.41) is 0. The minimum Gasteiger partial charge on any atom is -0.294 e. The van der Waals surface area contributed by atoms with Gasteiger partial charge in [-0.1, -0.05) is 42.5 Å². The summed E-state index contributed by atoms with van der Waals surface area (Å²) in [6, 6.07) is 15.6. The summed E-state index contributed by atoms with van der Waals surface area (Å²) < 4.78 is 38.6. The first-order valence-corrected chi connectivity index (χ1v) is 7.63. The normalized spacial score (nSPS) is 11.3. The minimum absolute atomic E-state index is 0.0661. The second-order valence-corrected chi connectivity index (χ2v) is 5.63. The van der Waals surface area contributed by atoms with E-state index in [1.165, 1.54) is 12.3 Å². The van der Waals surface area contributed by atoms with Gasteiger partial charge in [0.1, 0.15) is 0 Å². The first-order valence-electron chi connectivity index (χ1n) is 7.63. The van der Waals surface area contributed by atoms with E-state index in [9.17, 15) is 18.0 Å². The Kier molecular flexibility index (Phi) is 4.65. The predicted molar refractivity (Wildman–Crippen MR) is 89.2 cm³/mol. The van der Waals surface area contributed by atoms with E-state index in [4.69, 9.17) is 0 Å². The van der Waals surface area contributed by atoms with Crippen molar-refractivity contribution in [3.05, 3.63) is 89.7 Å². The standard InChI is InChI=1S/C20H14F3NO/c21-20(22,23)18-8-4-7-16(11-18)17-9-14(12-24-13-17)10-19(25)15-5-2-1-3-6-15/h1-9,11-13H,10H2. The molecule has 126 valence electrons. The summed E-state index contributed by atoms with van der Waals surface area (Å²) in [5.41, 5.74) is 1.49. The molecule has 1 heterocycles. The van der Waals surface area contributed by atoms with Gasteiger partial charge in [-0.3, -0.25) is 9.78 Å². The SMILES string of the molecule is O=C(Cc1cncc(-c2cccc(C(F)(F)F)c2)c1)c1ccccc1. The Morgan fingerprint density at radius 3 is 2.36 bits per heavy atom. The number of benzene rings is 2. The molecule has 0 N–H and O–H groups in total. The Balaban J connectivity index is 1.86. The van der Waals surface area contributed by atoms with Crippen molar-refractivity contribution in [3.8, 4) is 11.1 Å². The number of hydrogen-bond donors (Lipinski definition) is 0. The molecule has 0 amide bonds. The average Bonchev–Trinajstić information content (AvgIpc) is 2.62. The highest BCUT2D eigenvalue weighted by atomic mass is 19.4. The van der Waals surface area contributed by atoms with Crippen LogP contribution in [0.4, 0.5) is 13.2 Å². The Bertz CT molecular complexity index is 889. The number of rotatable bonds is 4. The molecule has 0 saturated heterocycles. The Morgan fingerprint density at radius 1 is 0.880 bits per heavy atom. The number of halogens is 3. The van der Waals surface area contributed by atoms with Gasteiger partial charge in [0.15, 0.2) is 5.78 Å². The zero-order chi connectivity index (χ0) is 17.9. The summed E-state index contributed by atoms with van der Waals surface area (Å²) in [6.45, 7) is 0. The van der Waals surface area contributed by atoms with E-state index in [-0.39, 0.29) is 12.2 Å². The summed E-state index contributed by atoms with van der Waals surface area (Å²) in [7, 11) is 0. The highest BCUT2D eigenvalue weighted by molar-refractivity contribution is 5.97. The lowest BCUT2D eigenvalue weighted by Crippen LogP contribution is -2.05. The zero-order valence-electron chi connectivity index (χ0n) is 13.1. The monoisotopic (exact) mass is 341 g/mol. The van der Waals surface area contributed by atoms with Crippen LogP contribution in [0.2, 0.25) is 0 Å². The predicted octanol–water partition coefficient (Wildman–Crippen LogP) is 5.19. The highest BCUT2D eigenvalue weighted by Gasteiger charge is 2.30.